The Labute approximate surface area is 223 Å². The number of benzene rings is 1. The van der Waals surface area contributed by atoms with Gasteiger partial charge >= 0.3 is 12.1 Å². The molecule has 3 heterocycles. The number of alkyl carbamates (subject to hydrolysis) is 1. The number of para-hydroxylation sites is 2. The number of ether oxygens (including phenoxy) is 2. The number of thiophene rings is 1. The van der Waals surface area contributed by atoms with Gasteiger partial charge in [-0.1, -0.05) is 12.1 Å². The van der Waals surface area contributed by atoms with Crippen LogP contribution in [0.25, 0.3) is 0 Å². The highest BCUT2D eigenvalue weighted by Crippen LogP contribution is 2.31. The summed E-state index contributed by atoms with van der Waals surface area (Å²) in [5.41, 5.74) is 1.78. The van der Waals surface area contributed by atoms with E-state index in [0.29, 0.717) is 27.9 Å². The minimum absolute atomic E-state index is 0.0576. The van der Waals surface area contributed by atoms with Gasteiger partial charge in [-0.25, -0.2) is 14.6 Å². The number of rotatable bonds is 7. The number of carbonyl (C=O) groups excluding carboxylic acids is 3. The van der Waals surface area contributed by atoms with Crippen LogP contribution in [0.1, 0.15) is 47.4 Å². The first-order valence-electron chi connectivity index (χ1n) is 11.7. The summed E-state index contributed by atoms with van der Waals surface area (Å²) >= 11 is 2.52. The Balaban J connectivity index is 1.39. The quantitative estimate of drug-likeness (QED) is 0.352. The Morgan fingerprint density at radius 2 is 1.89 bits per heavy atom. The van der Waals surface area contributed by atoms with Crippen LogP contribution in [-0.2, 0) is 9.47 Å². The van der Waals surface area contributed by atoms with Crippen molar-refractivity contribution in [1.29, 1.82) is 0 Å². The third-order valence-electron chi connectivity index (χ3n) is 5.42. The molecule has 3 N–H and O–H groups in total. The van der Waals surface area contributed by atoms with E-state index in [9.17, 15) is 14.4 Å². The fraction of sp³-hybridized carbons (Fsp3) is 0.360. The molecule has 10 nitrogen and oxygen atoms in total. The van der Waals surface area contributed by atoms with Crippen LogP contribution in [0.2, 0.25) is 0 Å². The number of hydrogen-bond acceptors (Lipinski definition) is 10. The lowest BCUT2D eigenvalue weighted by Gasteiger charge is -2.23. The van der Waals surface area contributed by atoms with E-state index in [4.69, 9.17) is 9.47 Å². The molecule has 3 aromatic rings. The molecule has 0 unspecified atom stereocenters. The minimum atomic E-state index is -0.558. The first kappa shape index (κ1) is 26.4. The first-order valence-corrected chi connectivity index (χ1v) is 13.4. The van der Waals surface area contributed by atoms with Crippen molar-refractivity contribution in [2.75, 3.05) is 35.7 Å². The Kier molecular flexibility index (Phi) is 7.98. The highest BCUT2D eigenvalue weighted by atomic mass is 32.1. The molecule has 0 radical (unpaired) electrons. The summed E-state index contributed by atoms with van der Waals surface area (Å²) in [7, 11) is 1.33. The van der Waals surface area contributed by atoms with Crippen LogP contribution in [0.4, 0.5) is 27.0 Å². The van der Waals surface area contributed by atoms with Gasteiger partial charge in [-0.05, 0) is 50.8 Å². The monoisotopic (exact) mass is 543 g/mol. The molecular formula is C25H29N5O5S2. The summed E-state index contributed by atoms with van der Waals surface area (Å²) in [5.74, 6) is -0.785. The second-order valence-corrected chi connectivity index (χ2v) is 11.1. The van der Waals surface area contributed by atoms with E-state index in [1.54, 1.807) is 16.8 Å². The number of carbonyl (C=O) groups is 3. The zero-order chi connectivity index (χ0) is 26.6. The SMILES string of the molecule is COC(=O)c1sccc1Nc1nc(C(=O)Nc2ccccc2N2CC[C@@H](NC(=O)OC(C)(C)C)C2)cs1. The van der Waals surface area contributed by atoms with Crippen molar-refractivity contribution in [3.63, 3.8) is 0 Å². The van der Waals surface area contributed by atoms with Crippen LogP contribution in [0.3, 0.4) is 0 Å². The maximum absolute atomic E-state index is 13.0. The van der Waals surface area contributed by atoms with Crippen molar-refractivity contribution in [2.24, 2.45) is 0 Å². The third-order valence-corrected chi connectivity index (χ3v) is 7.07. The number of anilines is 4. The lowest BCUT2D eigenvalue weighted by molar-refractivity contribution is 0.0507. The maximum atomic E-state index is 13.0. The third kappa shape index (κ3) is 6.77. The molecule has 0 spiro atoms. The van der Waals surface area contributed by atoms with E-state index in [-0.39, 0.29) is 17.6 Å². The van der Waals surface area contributed by atoms with Crippen molar-refractivity contribution < 1.29 is 23.9 Å². The number of methoxy groups -OCH3 is 1. The first-order chi connectivity index (χ1) is 17.6. The number of aromatic nitrogens is 1. The summed E-state index contributed by atoms with van der Waals surface area (Å²) in [6.45, 7) is 6.81. The standard InChI is InChI=1S/C25H29N5O5S2/c1-25(2,3)35-24(33)26-15-9-11-30(13-15)19-8-6-5-7-16(19)27-21(31)18-14-37-23(29-18)28-17-10-12-36-20(17)22(32)34-4/h5-8,10,12,14-15H,9,11,13H2,1-4H3,(H,26,33)(H,27,31)(H,28,29)/t15-/m1/s1. The molecule has 1 aliphatic heterocycles. The number of amides is 2. The number of thiazole rings is 1. The lowest BCUT2D eigenvalue weighted by atomic mass is 10.2. The molecule has 0 bridgehead atoms. The summed E-state index contributed by atoms with van der Waals surface area (Å²) in [6.07, 6.45) is 0.328. The summed E-state index contributed by atoms with van der Waals surface area (Å²) in [5, 5.41) is 12.9. The van der Waals surface area contributed by atoms with Crippen LogP contribution in [0.15, 0.2) is 41.1 Å². The Morgan fingerprint density at radius 3 is 2.65 bits per heavy atom. The molecule has 196 valence electrons. The highest BCUT2D eigenvalue weighted by molar-refractivity contribution is 7.14. The zero-order valence-corrected chi connectivity index (χ0v) is 22.6. The van der Waals surface area contributed by atoms with E-state index >= 15 is 0 Å². The molecule has 0 saturated carbocycles. The minimum Gasteiger partial charge on any atom is -0.465 e. The summed E-state index contributed by atoms with van der Waals surface area (Å²) in [4.78, 5) is 44.0. The number of esters is 1. The Bertz CT molecular complexity index is 1280. The van der Waals surface area contributed by atoms with Gasteiger partial charge in [0, 0.05) is 18.5 Å². The predicted molar refractivity (Wildman–Crippen MR) is 145 cm³/mol. The number of nitrogens with one attached hydrogen (secondary N) is 3. The molecule has 1 saturated heterocycles. The molecule has 0 aliphatic carbocycles. The van der Waals surface area contributed by atoms with Gasteiger partial charge in [0.2, 0.25) is 0 Å². The Morgan fingerprint density at radius 1 is 1.11 bits per heavy atom. The van der Waals surface area contributed by atoms with Gasteiger partial charge in [-0.2, -0.15) is 0 Å². The van der Waals surface area contributed by atoms with E-state index < -0.39 is 17.7 Å². The van der Waals surface area contributed by atoms with Crippen molar-refractivity contribution in [3.8, 4) is 0 Å². The van der Waals surface area contributed by atoms with E-state index in [1.807, 2.05) is 45.0 Å². The fourth-order valence-corrected chi connectivity index (χ4v) is 5.29. The van der Waals surface area contributed by atoms with E-state index in [1.165, 1.54) is 29.8 Å². The van der Waals surface area contributed by atoms with Crippen molar-refractivity contribution in [2.45, 2.75) is 38.8 Å². The van der Waals surface area contributed by atoms with E-state index in [0.717, 1.165) is 18.7 Å². The normalized spacial score (nSPS) is 15.2. The zero-order valence-electron chi connectivity index (χ0n) is 21.0. The van der Waals surface area contributed by atoms with Crippen molar-refractivity contribution in [3.05, 3.63) is 51.7 Å². The lowest BCUT2D eigenvalue weighted by Crippen LogP contribution is -2.40. The average Bonchev–Trinajstić information content (AvgIpc) is 3.59. The van der Waals surface area contributed by atoms with Crippen LogP contribution in [-0.4, -0.2) is 54.8 Å². The molecule has 1 atom stereocenters. The van der Waals surface area contributed by atoms with Crippen LogP contribution in [0.5, 0.6) is 0 Å². The Hall–Kier alpha value is -3.64. The van der Waals surface area contributed by atoms with Gasteiger partial charge in [0.1, 0.15) is 16.2 Å². The second kappa shape index (κ2) is 11.2. The molecule has 2 aromatic heterocycles. The highest BCUT2D eigenvalue weighted by Gasteiger charge is 2.28. The maximum Gasteiger partial charge on any atom is 0.407 e. The molecule has 1 aromatic carbocycles. The molecule has 4 rings (SSSR count). The summed E-state index contributed by atoms with van der Waals surface area (Å²) < 4.78 is 10.2. The van der Waals surface area contributed by atoms with Crippen LogP contribution >= 0.6 is 22.7 Å². The number of hydrogen-bond donors (Lipinski definition) is 3. The van der Waals surface area contributed by atoms with Gasteiger partial charge in [-0.15, -0.1) is 22.7 Å². The molecular weight excluding hydrogens is 514 g/mol. The van der Waals surface area contributed by atoms with Gasteiger partial charge in [0.15, 0.2) is 5.13 Å². The molecule has 12 heteroatoms. The average molecular weight is 544 g/mol. The topological polar surface area (TPSA) is 122 Å². The smallest absolute Gasteiger partial charge is 0.407 e. The van der Waals surface area contributed by atoms with Crippen molar-refractivity contribution in [1.82, 2.24) is 10.3 Å². The van der Waals surface area contributed by atoms with Gasteiger partial charge in [-0.3, -0.25) is 4.79 Å². The second-order valence-electron chi connectivity index (χ2n) is 9.37. The van der Waals surface area contributed by atoms with Gasteiger partial charge < -0.3 is 30.3 Å². The predicted octanol–water partition coefficient (Wildman–Crippen LogP) is 5.09. The largest absolute Gasteiger partial charge is 0.465 e. The van der Waals surface area contributed by atoms with Gasteiger partial charge in [0.25, 0.3) is 5.91 Å². The number of nitrogens with zero attached hydrogens (tertiary/aromatic N) is 2. The summed E-state index contributed by atoms with van der Waals surface area (Å²) in [6, 6.07) is 9.23. The molecule has 37 heavy (non-hydrogen) atoms. The molecule has 2 amide bonds. The fourth-order valence-electron chi connectivity index (χ4n) is 3.82. The van der Waals surface area contributed by atoms with E-state index in [2.05, 4.69) is 25.8 Å². The molecule has 1 fully saturated rings. The van der Waals surface area contributed by atoms with Crippen LogP contribution in [0, 0.1) is 0 Å². The van der Waals surface area contributed by atoms with Crippen molar-refractivity contribution >= 4 is 62.8 Å². The van der Waals surface area contributed by atoms with Crippen LogP contribution < -0.4 is 20.9 Å². The van der Waals surface area contributed by atoms with Gasteiger partial charge in [0.05, 0.1) is 30.2 Å². The molecule has 1 aliphatic rings.